The van der Waals surface area contributed by atoms with Crippen molar-refractivity contribution in [1.82, 2.24) is 14.3 Å². The van der Waals surface area contributed by atoms with E-state index in [0.29, 0.717) is 24.2 Å². The maximum absolute atomic E-state index is 15.2. The lowest BCUT2D eigenvalue weighted by atomic mass is 10.1. The summed E-state index contributed by atoms with van der Waals surface area (Å²) in [6, 6.07) is 9.07. The largest absolute Gasteiger partial charge is 0.462 e. The smallest absolute Gasteiger partial charge is 0.338 e. The van der Waals surface area contributed by atoms with Crippen molar-refractivity contribution in [2.75, 3.05) is 6.61 Å². The lowest BCUT2D eigenvalue weighted by molar-refractivity contribution is 0.0525. The maximum Gasteiger partial charge on any atom is 0.338 e. The number of hydrogen-bond donors (Lipinski definition) is 0. The molecule has 0 spiro atoms. The normalized spacial score (nSPS) is 11.3. The third kappa shape index (κ3) is 3.91. The zero-order valence-corrected chi connectivity index (χ0v) is 19.9. The number of ether oxygens (including phenoxy) is 1. The summed E-state index contributed by atoms with van der Waals surface area (Å²) in [6.45, 7) is 8.62. The molecule has 8 heteroatoms. The van der Waals surface area contributed by atoms with Crippen LogP contribution in [0.25, 0.3) is 16.6 Å². The van der Waals surface area contributed by atoms with E-state index in [0.717, 1.165) is 32.1 Å². The van der Waals surface area contributed by atoms with Crippen LogP contribution in [0.3, 0.4) is 0 Å². The second-order valence-corrected chi connectivity index (χ2v) is 8.85. The van der Waals surface area contributed by atoms with Gasteiger partial charge in [-0.05, 0) is 57.5 Å². The number of aryl methyl sites for hydroxylation is 2. The molecular formula is C24H23ClFN3O2S. The molecule has 32 heavy (non-hydrogen) atoms. The number of nitrogens with zero attached hydrogens (tertiary/aromatic N) is 3. The van der Waals surface area contributed by atoms with Crippen LogP contribution in [0.1, 0.15) is 35.5 Å². The van der Waals surface area contributed by atoms with Crippen molar-refractivity contribution in [3.05, 3.63) is 70.4 Å². The Morgan fingerprint density at radius 3 is 2.69 bits per heavy atom. The van der Waals surface area contributed by atoms with Crippen LogP contribution in [0, 0.1) is 19.7 Å². The summed E-state index contributed by atoms with van der Waals surface area (Å²) >= 11 is 7.62. The molecule has 166 valence electrons. The quantitative estimate of drug-likeness (QED) is 0.298. The summed E-state index contributed by atoms with van der Waals surface area (Å²) in [6.07, 6.45) is 3.60. The number of esters is 1. The first-order valence-electron chi connectivity index (χ1n) is 10.3. The van der Waals surface area contributed by atoms with E-state index < -0.39 is 5.82 Å². The van der Waals surface area contributed by atoms with Gasteiger partial charge in [0.1, 0.15) is 0 Å². The molecule has 0 saturated carbocycles. The number of carbonyl (C=O) groups is 1. The Kier molecular flexibility index (Phi) is 6.31. The number of fused-ring (bicyclic) bond motifs is 1. The monoisotopic (exact) mass is 471 g/mol. The molecule has 2 aromatic heterocycles. The number of carbonyl (C=O) groups excluding carboxylic acids is 1. The van der Waals surface area contributed by atoms with Gasteiger partial charge >= 0.3 is 5.97 Å². The van der Waals surface area contributed by atoms with Gasteiger partial charge in [0.2, 0.25) is 0 Å². The molecule has 5 nitrogen and oxygen atoms in total. The average Bonchev–Trinajstić information content (AvgIpc) is 3.35. The molecular weight excluding hydrogens is 449 g/mol. The minimum Gasteiger partial charge on any atom is -0.462 e. The number of aromatic nitrogens is 3. The highest BCUT2D eigenvalue weighted by Gasteiger charge is 2.22. The molecule has 0 saturated heterocycles. The van der Waals surface area contributed by atoms with E-state index in [1.54, 1.807) is 23.9 Å². The fourth-order valence-corrected chi connectivity index (χ4v) is 4.92. The highest BCUT2D eigenvalue weighted by atomic mass is 35.5. The molecule has 0 unspecified atom stereocenters. The molecule has 0 bridgehead atoms. The molecule has 0 aliphatic carbocycles. The minimum atomic E-state index is -0.473. The number of halogens is 2. The van der Waals surface area contributed by atoms with Crippen molar-refractivity contribution < 1.29 is 13.9 Å². The van der Waals surface area contributed by atoms with Crippen molar-refractivity contribution in [2.24, 2.45) is 0 Å². The zero-order valence-electron chi connectivity index (χ0n) is 18.3. The first-order chi connectivity index (χ1) is 15.3. The average molecular weight is 472 g/mol. The van der Waals surface area contributed by atoms with Crippen LogP contribution >= 0.6 is 23.4 Å². The van der Waals surface area contributed by atoms with Gasteiger partial charge in [-0.2, -0.15) is 5.10 Å². The Hall–Kier alpha value is -2.77. The van der Waals surface area contributed by atoms with Gasteiger partial charge in [0, 0.05) is 33.6 Å². The van der Waals surface area contributed by atoms with Crippen LogP contribution < -0.4 is 0 Å². The molecule has 0 aliphatic rings. The van der Waals surface area contributed by atoms with Gasteiger partial charge in [0.25, 0.3) is 0 Å². The molecule has 0 radical (unpaired) electrons. The van der Waals surface area contributed by atoms with Gasteiger partial charge in [-0.15, -0.1) is 0 Å². The van der Waals surface area contributed by atoms with Gasteiger partial charge in [-0.25, -0.2) is 9.18 Å². The molecule has 4 rings (SSSR count). The van der Waals surface area contributed by atoms with E-state index in [9.17, 15) is 4.79 Å². The first-order valence-corrected chi connectivity index (χ1v) is 11.5. The van der Waals surface area contributed by atoms with Crippen LogP contribution in [-0.2, 0) is 11.3 Å². The molecule has 0 aliphatic heterocycles. The molecule has 4 aromatic rings. The minimum absolute atomic E-state index is 0.0654. The molecule has 0 atom stereocenters. The van der Waals surface area contributed by atoms with Gasteiger partial charge < -0.3 is 9.30 Å². The molecule has 0 N–H and O–H groups in total. The van der Waals surface area contributed by atoms with Gasteiger partial charge in [0.05, 0.1) is 34.6 Å². The predicted molar refractivity (Wildman–Crippen MR) is 126 cm³/mol. The maximum atomic E-state index is 15.2. The van der Waals surface area contributed by atoms with E-state index in [2.05, 4.69) is 5.10 Å². The van der Waals surface area contributed by atoms with E-state index in [1.165, 1.54) is 11.8 Å². The van der Waals surface area contributed by atoms with Crippen LogP contribution in [0.5, 0.6) is 0 Å². The highest BCUT2D eigenvalue weighted by Crippen LogP contribution is 2.42. The summed E-state index contributed by atoms with van der Waals surface area (Å²) in [4.78, 5) is 14.1. The van der Waals surface area contributed by atoms with Crippen molar-refractivity contribution in [2.45, 2.75) is 44.0 Å². The van der Waals surface area contributed by atoms with Crippen molar-refractivity contribution >= 4 is 40.2 Å². The third-order valence-corrected chi connectivity index (χ3v) is 6.83. The van der Waals surface area contributed by atoms with Crippen molar-refractivity contribution in [3.8, 4) is 5.69 Å². The lowest BCUT2D eigenvalue weighted by Gasteiger charge is -2.09. The molecule has 0 fully saturated rings. The summed E-state index contributed by atoms with van der Waals surface area (Å²) in [7, 11) is 0. The van der Waals surface area contributed by atoms with Crippen LogP contribution in [0.4, 0.5) is 4.39 Å². The SMILES string of the molecule is CCOC(=O)c1cc(Sc2c(C)n(-c3cnn(CC)c3)c3c(F)c(Cl)ccc23)ccc1C. The fraction of sp³-hybridized carbons (Fsp3) is 0.250. The van der Waals surface area contributed by atoms with Crippen LogP contribution in [-0.4, -0.2) is 26.9 Å². The fourth-order valence-electron chi connectivity index (χ4n) is 3.71. The molecule has 2 aromatic carbocycles. The van der Waals surface area contributed by atoms with E-state index in [4.69, 9.17) is 16.3 Å². The number of rotatable bonds is 6. The van der Waals surface area contributed by atoms with Gasteiger partial charge in [0.15, 0.2) is 5.82 Å². The number of benzene rings is 2. The van der Waals surface area contributed by atoms with Crippen LogP contribution in [0.2, 0.25) is 5.02 Å². The third-order valence-electron chi connectivity index (χ3n) is 5.33. The summed E-state index contributed by atoms with van der Waals surface area (Å²) in [5, 5.41) is 5.16. The lowest BCUT2D eigenvalue weighted by Crippen LogP contribution is -2.06. The molecule has 0 amide bonds. The van der Waals surface area contributed by atoms with Crippen LogP contribution in [0.15, 0.2) is 52.5 Å². The second kappa shape index (κ2) is 9.00. The summed E-state index contributed by atoms with van der Waals surface area (Å²) < 4.78 is 24.0. The van der Waals surface area contributed by atoms with Crippen molar-refractivity contribution in [3.63, 3.8) is 0 Å². The zero-order chi connectivity index (χ0) is 23.0. The Labute approximate surface area is 195 Å². The molecule has 2 heterocycles. The Morgan fingerprint density at radius 1 is 1.22 bits per heavy atom. The second-order valence-electron chi connectivity index (χ2n) is 7.36. The Balaban J connectivity index is 1.87. The summed E-state index contributed by atoms with van der Waals surface area (Å²) in [5.41, 5.74) is 3.40. The highest BCUT2D eigenvalue weighted by molar-refractivity contribution is 7.99. The van der Waals surface area contributed by atoms with E-state index in [-0.39, 0.29) is 11.0 Å². The van der Waals surface area contributed by atoms with Gasteiger partial charge in [-0.1, -0.05) is 29.4 Å². The van der Waals surface area contributed by atoms with Gasteiger partial charge in [-0.3, -0.25) is 4.68 Å². The number of hydrogen-bond acceptors (Lipinski definition) is 4. The Morgan fingerprint density at radius 2 is 2.00 bits per heavy atom. The topological polar surface area (TPSA) is 49.1 Å². The Bertz CT molecular complexity index is 1330. The van der Waals surface area contributed by atoms with E-state index in [1.807, 2.05) is 55.8 Å². The summed E-state index contributed by atoms with van der Waals surface area (Å²) in [5.74, 6) is -0.823. The predicted octanol–water partition coefficient (Wildman–Crippen LogP) is 6.58. The standard InChI is InChI=1S/C24H23ClFN3O2S/c1-5-28-13-16(12-27-28)29-15(4)23(18-9-10-20(25)21(26)22(18)29)32-17-8-7-14(3)19(11-17)24(30)31-6-2/h7-13H,5-6H2,1-4H3. The first kappa shape index (κ1) is 22.4. The van der Waals surface area contributed by atoms with E-state index >= 15 is 4.39 Å². The van der Waals surface area contributed by atoms with Crippen molar-refractivity contribution in [1.29, 1.82) is 0 Å².